The predicted molar refractivity (Wildman–Crippen MR) is 428 cm³/mol. The van der Waals surface area contributed by atoms with Crippen LogP contribution in [0.25, 0.3) is 0 Å². The highest BCUT2D eigenvalue weighted by Gasteiger charge is 2.30. The highest BCUT2D eigenvalue weighted by Crippen LogP contribution is 2.45. The van der Waals surface area contributed by atoms with Gasteiger partial charge in [0.2, 0.25) is 0 Å². The molecule has 104 heavy (non-hydrogen) atoms. The number of aliphatic hydroxyl groups is 1. The molecule has 3 N–H and O–H groups in total. The molecule has 17 nitrogen and oxygen atoms in total. The van der Waals surface area contributed by atoms with Gasteiger partial charge in [-0.25, -0.2) is 9.13 Å². The molecule has 0 aromatic heterocycles. The second kappa shape index (κ2) is 73.8. The summed E-state index contributed by atoms with van der Waals surface area (Å²) in [4.78, 5) is 73.1. The van der Waals surface area contributed by atoms with E-state index in [1.165, 1.54) is 238 Å². The van der Waals surface area contributed by atoms with Crippen molar-refractivity contribution in [3.05, 3.63) is 0 Å². The molecule has 0 saturated carbocycles. The number of carbonyl (C=O) groups is 4. The number of esters is 4. The van der Waals surface area contributed by atoms with Gasteiger partial charge in [-0.2, -0.15) is 0 Å². The van der Waals surface area contributed by atoms with E-state index in [9.17, 15) is 43.2 Å². The van der Waals surface area contributed by atoms with Crippen LogP contribution in [-0.4, -0.2) is 96.7 Å². The summed E-state index contributed by atoms with van der Waals surface area (Å²) in [6.07, 6.45) is 62.5. The summed E-state index contributed by atoms with van der Waals surface area (Å²) in [5.41, 5.74) is 0. The Balaban J connectivity index is 5.19. The molecule has 0 rings (SSSR count). The fraction of sp³-hybridized carbons (Fsp3) is 0.953. The second-order valence-electron chi connectivity index (χ2n) is 32.0. The van der Waals surface area contributed by atoms with Crippen LogP contribution in [0.3, 0.4) is 0 Å². The zero-order chi connectivity index (χ0) is 76.7. The van der Waals surface area contributed by atoms with Crippen molar-refractivity contribution in [1.29, 1.82) is 0 Å². The first-order valence-corrected chi connectivity index (χ1v) is 46.8. The number of rotatable bonds is 82. The van der Waals surface area contributed by atoms with Gasteiger partial charge in [-0.15, -0.1) is 0 Å². The molecule has 0 heterocycles. The largest absolute Gasteiger partial charge is 0.472 e. The van der Waals surface area contributed by atoms with Crippen molar-refractivity contribution in [2.24, 2.45) is 23.7 Å². The van der Waals surface area contributed by atoms with Crippen molar-refractivity contribution < 1.29 is 80.2 Å². The van der Waals surface area contributed by atoms with E-state index in [1.807, 2.05) is 0 Å². The van der Waals surface area contributed by atoms with E-state index in [2.05, 4.69) is 55.4 Å². The molecule has 5 unspecified atom stereocenters. The molecule has 19 heteroatoms. The van der Waals surface area contributed by atoms with E-state index in [0.717, 1.165) is 114 Å². The van der Waals surface area contributed by atoms with Gasteiger partial charge in [0.1, 0.15) is 19.3 Å². The third-order valence-corrected chi connectivity index (χ3v) is 22.4. The molecular formula is C85H166O17P2. The van der Waals surface area contributed by atoms with Crippen molar-refractivity contribution in [2.75, 3.05) is 39.6 Å². The normalized spacial score (nSPS) is 14.5. The average molecular weight is 1520 g/mol. The molecule has 7 atom stereocenters. The summed E-state index contributed by atoms with van der Waals surface area (Å²) in [5.74, 6) is 1.08. The van der Waals surface area contributed by atoms with Crippen LogP contribution < -0.4 is 0 Å². The Bertz CT molecular complexity index is 2030. The molecule has 0 fully saturated rings. The minimum Gasteiger partial charge on any atom is -0.462 e. The number of aliphatic hydroxyl groups excluding tert-OH is 1. The van der Waals surface area contributed by atoms with Gasteiger partial charge in [0, 0.05) is 25.7 Å². The van der Waals surface area contributed by atoms with E-state index in [4.69, 9.17) is 37.0 Å². The zero-order valence-corrected chi connectivity index (χ0v) is 70.5. The number of unbranched alkanes of at least 4 members (excludes halogenated alkanes) is 46. The molecule has 0 bridgehead atoms. The smallest absolute Gasteiger partial charge is 0.462 e. The first kappa shape index (κ1) is 102. The van der Waals surface area contributed by atoms with Crippen LogP contribution in [0.4, 0.5) is 0 Å². The van der Waals surface area contributed by atoms with Gasteiger partial charge < -0.3 is 33.8 Å². The molecule has 0 aliphatic carbocycles. The highest BCUT2D eigenvalue weighted by atomic mass is 31.2. The predicted octanol–water partition coefficient (Wildman–Crippen LogP) is 25.6. The van der Waals surface area contributed by atoms with Crippen molar-refractivity contribution in [3.63, 3.8) is 0 Å². The molecule has 0 spiro atoms. The number of phosphoric ester groups is 2. The summed E-state index contributed by atoms with van der Waals surface area (Å²) < 4.78 is 68.8. The topological polar surface area (TPSA) is 237 Å². The van der Waals surface area contributed by atoms with Crippen LogP contribution in [0.15, 0.2) is 0 Å². The third-order valence-electron chi connectivity index (χ3n) is 20.5. The van der Waals surface area contributed by atoms with Crippen LogP contribution >= 0.6 is 15.6 Å². The first-order valence-electron chi connectivity index (χ1n) is 43.8. The number of hydrogen-bond acceptors (Lipinski definition) is 15. The maximum Gasteiger partial charge on any atom is 0.472 e. The minimum atomic E-state index is -4.96. The Morgan fingerprint density at radius 2 is 0.462 bits per heavy atom. The number of carbonyl (C=O) groups excluding carboxylic acids is 4. The van der Waals surface area contributed by atoms with Crippen LogP contribution in [0.2, 0.25) is 0 Å². The summed E-state index contributed by atoms with van der Waals surface area (Å²) in [6, 6.07) is 0. The van der Waals surface area contributed by atoms with Gasteiger partial charge in [-0.05, 0) is 49.4 Å². The summed E-state index contributed by atoms with van der Waals surface area (Å²) in [7, 11) is -9.93. The van der Waals surface area contributed by atoms with Gasteiger partial charge in [0.25, 0.3) is 0 Å². The summed E-state index contributed by atoms with van der Waals surface area (Å²) in [6.45, 7) is 14.3. The number of ether oxygens (including phenoxy) is 4. The Morgan fingerprint density at radius 1 is 0.269 bits per heavy atom. The van der Waals surface area contributed by atoms with Gasteiger partial charge in [0.05, 0.1) is 26.4 Å². The van der Waals surface area contributed by atoms with Crippen molar-refractivity contribution in [1.82, 2.24) is 0 Å². The molecule has 0 radical (unpaired) electrons. The molecule has 0 aromatic carbocycles. The maximum absolute atomic E-state index is 13.1. The van der Waals surface area contributed by atoms with E-state index in [-0.39, 0.29) is 25.7 Å². The Hall–Kier alpha value is -1.94. The van der Waals surface area contributed by atoms with Gasteiger partial charge >= 0.3 is 39.5 Å². The lowest BCUT2D eigenvalue weighted by Gasteiger charge is -2.21. The fourth-order valence-electron chi connectivity index (χ4n) is 13.1. The molecule has 0 aliphatic rings. The second-order valence-corrected chi connectivity index (χ2v) is 34.9. The number of phosphoric acid groups is 2. The van der Waals surface area contributed by atoms with E-state index >= 15 is 0 Å². The monoisotopic (exact) mass is 1520 g/mol. The molecule has 0 saturated heterocycles. The summed E-state index contributed by atoms with van der Waals surface area (Å²) >= 11 is 0. The lowest BCUT2D eigenvalue weighted by atomic mass is 9.99. The number of hydrogen-bond donors (Lipinski definition) is 3. The van der Waals surface area contributed by atoms with Gasteiger partial charge in [-0.1, -0.05) is 389 Å². The van der Waals surface area contributed by atoms with Crippen molar-refractivity contribution in [3.8, 4) is 0 Å². The summed E-state index contributed by atoms with van der Waals surface area (Å²) in [5, 5.41) is 10.7. The van der Waals surface area contributed by atoms with E-state index < -0.39 is 97.5 Å². The van der Waals surface area contributed by atoms with Crippen LogP contribution in [0.1, 0.15) is 441 Å². The molecular weight excluding hydrogens is 1350 g/mol. The molecule has 618 valence electrons. The Morgan fingerprint density at radius 3 is 0.683 bits per heavy atom. The van der Waals surface area contributed by atoms with Crippen LogP contribution in [0.5, 0.6) is 0 Å². The molecule has 0 aliphatic heterocycles. The molecule has 0 aromatic rings. The van der Waals surface area contributed by atoms with E-state index in [0.29, 0.717) is 31.6 Å². The Kier molecular flexibility index (Phi) is 72.5. The van der Waals surface area contributed by atoms with Crippen LogP contribution in [0, 0.1) is 23.7 Å². The van der Waals surface area contributed by atoms with Gasteiger partial charge in [-0.3, -0.25) is 37.3 Å². The van der Waals surface area contributed by atoms with Crippen molar-refractivity contribution >= 4 is 39.5 Å². The lowest BCUT2D eigenvalue weighted by molar-refractivity contribution is -0.161. The third kappa shape index (κ3) is 75.5. The Labute approximate surface area is 638 Å². The van der Waals surface area contributed by atoms with E-state index in [1.54, 1.807) is 0 Å². The van der Waals surface area contributed by atoms with Crippen molar-refractivity contribution in [2.45, 2.75) is 459 Å². The molecule has 0 amide bonds. The zero-order valence-electron chi connectivity index (χ0n) is 68.7. The SMILES string of the molecule is CCC(C)CCCCCCCCCCCCCCCCCCCCC(=O)O[C@H](COC(=O)CCCCCCCCCC(C)C)COP(=O)(O)OCC(O)COP(=O)(O)OC[C@@H](COC(=O)CCCCCCCCCCCCCCCCC(C)CC)OC(=O)CCCCCCCCCCCCCC(C)C. The highest BCUT2D eigenvalue weighted by molar-refractivity contribution is 7.47. The lowest BCUT2D eigenvalue weighted by Crippen LogP contribution is -2.30. The first-order chi connectivity index (χ1) is 50.2. The van der Waals surface area contributed by atoms with Gasteiger partial charge in [0.15, 0.2) is 12.2 Å². The average Bonchev–Trinajstić information content (AvgIpc) is 0.906. The fourth-order valence-corrected chi connectivity index (χ4v) is 14.7. The standard InChI is InChI=1S/C85H166O17P2/c1-9-77(7)63-55-47-39-31-25-19-15-13-11-12-14-16-22-28-34-42-51-59-67-84(89)102-81(72-96-83(88)66-58-50-44-36-38-46-54-62-76(5)6)74-100-104(93,94)98-70-79(86)69-97-103(91,92)99-73-80(101-85(90)68-60-52-43-35-29-23-24-30-37-45-53-61-75(3)4)71-95-82(87)65-57-49-41-33-27-21-18-17-20-26-32-40-48-56-64-78(8)10-2/h75-81,86H,9-74H2,1-8H3,(H,91,92)(H,93,94)/t77?,78?,79?,80-,81-/m1/s1. The minimum absolute atomic E-state index is 0.106. The van der Waals surface area contributed by atoms with Crippen LogP contribution in [-0.2, 0) is 65.4 Å². The maximum atomic E-state index is 13.1. The quantitative estimate of drug-likeness (QED) is 0.0222.